The van der Waals surface area contributed by atoms with Gasteiger partial charge in [-0.15, -0.1) is 0 Å². The second kappa shape index (κ2) is 6.79. The summed E-state index contributed by atoms with van der Waals surface area (Å²) in [6.45, 7) is 4.38. The predicted octanol–water partition coefficient (Wildman–Crippen LogP) is 5.42. The van der Waals surface area contributed by atoms with Crippen molar-refractivity contribution in [2.45, 2.75) is 26.2 Å². The summed E-state index contributed by atoms with van der Waals surface area (Å²) in [5, 5.41) is 3.23. The highest BCUT2D eigenvalue weighted by atomic mass is 32.1. The lowest BCUT2D eigenvalue weighted by Gasteiger charge is -2.07. The molecule has 3 aromatic rings. The number of fused-ring (bicyclic) bond motifs is 1. The maximum atomic E-state index is 11.9. The Bertz CT molecular complexity index is 814. The molecule has 5 heteroatoms. The van der Waals surface area contributed by atoms with E-state index in [9.17, 15) is 4.79 Å². The molecule has 0 bridgehead atoms. The van der Waals surface area contributed by atoms with Gasteiger partial charge in [0.1, 0.15) is 5.75 Å². The third kappa shape index (κ3) is 3.68. The van der Waals surface area contributed by atoms with Crippen LogP contribution in [0.4, 0.5) is 9.93 Å². The van der Waals surface area contributed by atoms with Crippen molar-refractivity contribution < 1.29 is 9.53 Å². The van der Waals surface area contributed by atoms with Crippen LogP contribution in [0, 0.1) is 0 Å². The molecular formula is C18H18N2O2S. The minimum absolute atomic E-state index is 0.505. The van der Waals surface area contributed by atoms with Crippen molar-refractivity contribution in [3.63, 3.8) is 0 Å². The molecule has 4 nitrogen and oxygen atoms in total. The molecule has 118 valence electrons. The quantitative estimate of drug-likeness (QED) is 0.696. The van der Waals surface area contributed by atoms with Crippen LogP contribution in [-0.2, 0) is 0 Å². The van der Waals surface area contributed by atoms with Gasteiger partial charge in [-0.1, -0.05) is 49.4 Å². The molecule has 0 saturated heterocycles. The molecule has 0 saturated carbocycles. The molecule has 0 aliphatic rings. The van der Waals surface area contributed by atoms with E-state index in [2.05, 4.69) is 36.3 Å². The van der Waals surface area contributed by atoms with Crippen molar-refractivity contribution in [1.29, 1.82) is 0 Å². The van der Waals surface area contributed by atoms with Crippen molar-refractivity contribution in [2.24, 2.45) is 0 Å². The van der Waals surface area contributed by atoms with E-state index in [0.29, 0.717) is 16.8 Å². The van der Waals surface area contributed by atoms with Crippen LogP contribution in [0.3, 0.4) is 0 Å². The summed E-state index contributed by atoms with van der Waals surface area (Å²) in [5.41, 5.74) is 2.18. The van der Waals surface area contributed by atoms with E-state index < -0.39 is 6.09 Å². The number of benzene rings is 2. The van der Waals surface area contributed by atoms with Crippen molar-refractivity contribution in [3.8, 4) is 5.75 Å². The topological polar surface area (TPSA) is 51.2 Å². The summed E-state index contributed by atoms with van der Waals surface area (Å²) in [4.78, 5) is 16.3. The van der Waals surface area contributed by atoms with Crippen LogP contribution >= 0.6 is 11.3 Å². The zero-order chi connectivity index (χ0) is 16.2. The van der Waals surface area contributed by atoms with E-state index in [0.717, 1.165) is 16.6 Å². The molecule has 23 heavy (non-hydrogen) atoms. The van der Waals surface area contributed by atoms with E-state index in [-0.39, 0.29) is 0 Å². The van der Waals surface area contributed by atoms with Gasteiger partial charge >= 0.3 is 6.09 Å². The molecule has 1 heterocycles. The number of aromatic nitrogens is 1. The Hall–Kier alpha value is -2.40. The van der Waals surface area contributed by atoms with Crippen LogP contribution in [0.1, 0.15) is 31.7 Å². The number of carbonyl (C=O) groups is 1. The summed E-state index contributed by atoms with van der Waals surface area (Å²) in [6.07, 6.45) is 0.566. The zero-order valence-electron chi connectivity index (χ0n) is 13.1. The molecule has 0 fully saturated rings. The van der Waals surface area contributed by atoms with Gasteiger partial charge in [-0.3, -0.25) is 5.32 Å². The number of ether oxygens (including phenoxy) is 1. The highest BCUT2D eigenvalue weighted by Crippen LogP contribution is 2.30. The fourth-order valence-electron chi connectivity index (χ4n) is 2.25. The average molecular weight is 326 g/mol. The molecule has 1 aromatic heterocycles. The summed E-state index contributed by atoms with van der Waals surface area (Å²) in [7, 11) is 0. The number of hydrogen-bond acceptors (Lipinski definition) is 4. The number of rotatable bonds is 4. The Morgan fingerprint density at radius 1 is 1.26 bits per heavy atom. The van der Waals surface area contributed by atoms with Crippen molar-refractivity contribution in [2.75, 3.05) is 5.32 Å². The normalized spacial score (nSPS) is 12.1. The first kappa shape index (κ1) is 15.5. The number of amides is 1. The first-order valence-electron chi connectivity index (χ1n) is 7.60. The largest absolute Gasteiger partial charge is 0.418 e. The van der Waals surface area contributed by atoms with Gasteiger partial charge in [0.2, 0.25) is 0 Å². The molecule has 0 aliphatic carbocycles. The van der Waals surface area contributed by atoms with Gasteiger partial charge in [-0.25, -0.2) is 9.78 Å². The smallest absolute Gasteiger partial charge is 0.410 e. The van der Waals surface area contributed by atoms with Crippen LogP contribution in [0.15, 0.2) is 48.5 Å². The van der Waals surface area contributed by atoms with Gasteiger partial charge in [-0.2, -0.15) is 0 Å². The molecule has 1 unspecified atom stereocenters. The number of thiazole rings is 1. The average Bonchev–Trinajstić information content (AvgIpc) is 2.95. The number of para-hydroxylation sites is 1. The van der Waals surface area contributed by atoms with Gasteiger partial charge < -0.3 is 4.74 Å². The second-order valence-corrected chi connectivity index (χ2v) is 6.41. The van der Waals surface area contributed by atoms with Crippen LogP contribution in [-0.4, -0.2) is 11.1 Å². The summed E-state index contributed by atoms with van der Waals surface area (Å²) in [5.74, 6) is 1.02. The minimum atomic E-state index is -0.530. The maximum absolute atomic E-state index is 11.9. The first-order chi connectivity index (χ1) is 11.2. The Balaban J connectivity index is 1.74. The lowest BCUT2D eigenvalue weighted by molar-refractivity contribution is 0.215. The Morgan fingerprint density at radius 2 is 2.04 bits per heavy atom. The molecule has 0 radical (unpaired) electrons. The highest BCUT2D eigenvalue weighted by molar-refractivity contribution is 7.22. The van der Waals surface area contributed by atoms with Crippen molar-refractivity contribution >= 4 is 32.8 Å². The van der Waals surface area contributed by atoms with E-state index in [1.165, 1.54) is 16.9 Å². The van der Waals surface area contributed by atoms with Crippen LogP contribution < -0.4 is 10.1 Å². The minimum Gasteiger partial charge on any atom is -0.410 e. The number of nitrogens with zero attached hydrogens (tertiary/aromatic N) is 1. The van der Waals surface area contributed by atoms with Gasteiger partial charge in [-0.05, 0) is 42.2 Å². The van der Waals surface area contributed by atoms with Crippen LogP contribution in [0.2, 0.25) is 0 Å². The van der Waals surface area contributed by atoms with Crippen molar-refractivity contribution in [1.82, 2.24) is 4.98 Å². The molecule has 0 spiro atoms. The third-order valence-corrected chi connectivity index (χ3v) is 4.69. The number of carbonyl (C=O) groups excluding carboxylic acids is 1. The van der Waals surface area contributed by atoms with E-state index in [1.54, 1.807) is 12.1 Å². The van der Waals surface area contributed by atoms with E-state index >= 15 is 0 Å². The second-order valence-electron chi connectivity index (χ2n) is 5.38. The summed E-state index contributed by atoms with van der Waals surface area (Å²) < 4.78 is 6.28. The SMILES string of the molecule is CCC(C)c1ccc2nc(NC(=O)Oc3ccccc3)sc2c1. The lowest BCUT2D eigenvalue weighted by atomic mass is 9.99. The number of nitrogens with one attached hydrogen (secondary N) is 1. The van der Waals surface area contributed by atoms with Crippen LogP contribution in [0.5, 0.6) is 5.75 Å². The molecule has 2 aromatic carbocycles. The standard InChI is InChI=1S/C18H18N2O2S/c1-3-12(2)13-9-10-15-16(11-13)23-17(19-15)20-18(21)22-14-7-5-4-6-8-14/h4-12H,3H2,1-2H3,(H,19,20,21). The maximum Gasteiger partial charge on any atom is 0.418 e. The third-order valence-electron chi connectivity index (χ3n) is 3.76. The Kier molecular flexibility index (Phi) is 4.57. The first-order valence-corrected chi connectivity index (χ1v) is 8.41. The molecule has 1 atom stereocenters. The molecule has 0 aliphatic heterocycles. The highest BCUT2D eigenvalue weighted by Gasteiger charge is 2.11. The van der Waals surface area contributed by atoms with Gasteiger partial charge in [0, 0.05) is 0 Å². The van der Waals surface area contributed by atoms with E-state index in [1.807, 2.05) is 24.3 Å². The zero-order valence-corrected chi connectivity index (χ0v) is 13.9. The Morgan fingerprint density at radius 3 is 2.78 bits per heavy atom. The fraction of sp³-hybridized carbons (Fsp3) is 0.222. The van der Waals surface area contributed by atoms with Gasteiger partial charge in [0.05, 0.1) is 10.2 Å². The fourth-order valence-corrected chi connectivity index (χ4v) is 3.15. The summed E-state index contributed by atoms with van der Waals surface area (Å²) >= 11 is 1.46. The predicted molar refractivity (Wildman–Crippen MR) is 94.4 cm³/mol. The lowest BCUT2D eigenvalue weighted by Crippen LogP contribution is -2.16. The van der Waals surface area contributed by atoms with Crippen molar-refractivity contribution in [3.05, 3.63) is 54.1 Å². The molecule has 1 amide bonds. The van der Waals surface area contributed by atoms with Gasteiger partial charge in [0.15, 0.2) is 5.13 Å². The monoisotopic (exact) mass is 326 g/mol. The van der Waals surface area contributed by atoms with E-state index in [4.69, 9.17) is 4.74 Å². The molecule has 3 rings (SSSR count). The van der Waals surface area contributed by atoms with Crippen LogP contribution in [0.25, 0.3) is 10.2 Å². The number of anilines is 1. The molecular weight excluding hydrogens is 308 g/mol. The molecule has 1 N–H and O–H groups in total. The Labute approximate surface area is 139 Å². The summed E-state index contributed by atoms with van der Waals surface area (Å²) in [6, 6.07) is 15.2. The van der Waals surface area contributed by atoms with Gasteiger partial charge in [0.25, 0.3) is 0 Å². The number of hydrogen-bond donors (Lipinski definition) is 1.